The van der Waals surface area contributed by atoms with Gasteiger partial charge in [-0.05, 0) is 65.9 Å². The molecule has 1 amide bonds. The van der Waals surface area contributed by atoms with Crippen LogP contribution in [-0.4, -0.2) is 29.5 Å². The zero-order valence-electron chi connectivity index (χ0n) is 17.3. The third kappa shape index (κ3) is 4.88. The highest BCUT2D eigenvalue weighted by Crippen LogP contribution is 2.40. The highest BCUT2D eigenvalue weighted by molar-refractivity contribution is 9.10. The molecule has 2 aromatic carbocycles. The molecule has 32 heavy (non-hydrogen) atoms. The molecule has 1 unspecified atom stereocenters. The number of rotatable bonds is 6. The maximum Gasteiger partial charge on any atom is 0.283 e. The SMILES string of the molecule is CC(O/N=C\c1ccc(Br)cc1)C(=O)N/N=C/c1c(O)c(Br)cc2oc3c(c12)CCCC3. The van der Waals surface area contributed by atoms with Gasteiger partial charge in [-0.1, -0.05) is 33.2 Å². The summed E-state index contributed by atoms with van der Waals surface area (Å²) < 4.78 is 7.46. The third-order valence-corrected chi connectivity index (χ3v) is 6.37. The molecule has 4 rings (SSSR count). The van der Waals surface area contributed by atoms with E-state index in [9.17, 15) is 9.90 Å². The Hall–Kier alpha value is -2.65. The Morgan fingerprint density at radius 1 is 1.22 bits per heavy atom. The molecule has 1 aromatic heterocycles. The molecule has 2 N–H and O–H groups in total. The van der Waals surface area contributed by atoms with Crippen molar-refractivity contribution in [1.29, 1.82) is 0 Å². The largest absolute Gasteiger partial charge is 0.506 e. The predicted octanol–water partition coefficient (Wildman–Crippen LogP) is 5.43. The number of oxime groups is 1. The smallest absolute Gasteiger partial charge is 0.283 e. The zero-order valence-corrected chi connectivity index (χ0v) is 20.4. The first-order valence-corrected chi connectivity index (χ1v) is 11.8. The molecule has 0 spiro atoms. The average Bonchev–Trinajstić information content (AvgIpc) is 3.15. The summed E-state index contributed by atoms with van der Waals surface area (Å²) in [6.07, 6.45) is 6.03. The Morgan fingerprint density at radius 3 is 2.75 bits per heavy atom. The van der Waals surface area contributed by atoms with E-state index in [0.717, 1.165) is 52.4 Å². The molecular weight excluding hydrogens is 542 g/mol. The summed E-state index contributed by atoms with van der Waals surface area (Å²) in [4.78, 5) is 17.5. The van der Waals surface area contributed by atoms with Gasteiger partial charge in [0.25, 0.3) is 5.91 Å². The van der Waals surface area contributed by atoms with Crippen molar-refractivity contribution in [1.82, 2.24) is 5.43 Å². The summed E-state index contributed by atoms with van der Waals surface area (Å²) in [5.74, 6) is 0.537. The minimum atomic E-state index is -0.850. The number of aryl methyl sites for hydroxylation is 2. The maximum atomic E-state index is 12.3. The van der Waals surface area contributed by atoms with Gasteiger partial charge in [-0.2, -0.15) is 5.10 Å². The van der Waals surface area contributed by atoms with Gasteiger partial charge >= 0.3 is 0 Å². The second kappa shape index (κ2) is 9.87. The quantitative estimate of drug-likeness (QED) is 0.309. The van der Waals surface area contributed by atoms with Gasteiger partial charge in [0.15, 0.2) is 0 Å². The number of hydrogen-bond donors (Lipinski definition) is 2. The van der Waals surface area contributed by atoms with Gasteiger partial charge in [0, 0.05) is 27.4 Å². The second-order valence-corrected chi connectivity index (χ2v) is 9.24. The second-order valence-electron chi connectivity index (χ2n) is 7.47. The number of aromatic hydroxyl groups is 1. The topological polar surface area (TPSA) is 96.4 Å². The predicted molar refractivity (Wildman–Crippen MR) is 130 cm³/mol. The fourth-order valence-corrected chi connectivity index (χ4v) is 4.26. The molecule has 3 aromatic rings. The number of hydrogen-bond acceptors (Lipinski definition) is 6. The van der Waals surface area contributed by atoms with E-state index in [1.165, 1.54) is 12.4 Å². The normalized spacial score (nSPS) is 14.7. The molecule has 9 heteroatoms. The summed E-state index contributed by atoms with van der Waals surface area (Å²) in [5.41, 5.74) is 5.57. The highest BCUT2D eigenvalue weighted by atomic mass is 79.9. The standard InChI is InChI=1S/C23H21Br2N3O4/c1-13(32-27-11-14-6-8-15(24)9-7-14)23(30)28-26-12-17-21-16-4-2-3-5-19(16)31-20(21)10-18(25)22(17)29/h6-13,29H,2-5H2,1H3,(H,28,30)/b26-12+,27-11-. The molecular formula is C23H21Br2N3O4. The van der Waals surface area contributed by atoms with Gasteiger partial charge in [0.05, 0.1) is 16.9 Å². The lowest BCUT2D eigenvalue weighted by molar-refractivity contribution is -0.131. The van der Waals surface area contributed by atoms with Crippen LogP contribution in [0.3, 0.4) is 0 Å². The zero-order chi connectivity index (χ0) is 22.7. The van der Waals surface area contributed by atoms with Gasteiger partial charge in [-0.25, -0.2) is 5.43 Å². The van der Waals surface area contributed by atoms with Crippen LogP contribution < -0.4 is 5.43 Å². The van der Waals surface area contributed by atoms with Crippen LogP contribution in [0.2, 0.25) is 0 Å². The number of phenols is 1. The molecule has 0 saturated carbocycles. The van der Waals surface area contributed by atoms with Crippen molar-refractivity contribution in [3.05, 3.63) is 61.7 Å². The fraction of sp³-hybridized carbons (Fsp3) is 0.261. The molecule has 0 aliphatic heterocycles. The van der Waals surface area contributed by atoms with Crippen LogP contribution in [0.5, 0.6) is 5.75 Å². The van der Waals surface area contributed by atoms with Crippen LogP contribution in [0, 0.1) is 0 Å². The number of furan rings is 1. The Bertz CT molecular complexity index is 1200. The first kappa shape index (κ1) is 22.5. The minimum Gasteiger partial charge on any atom is -0.506 e. The van der Waals surface area contributed by atoms with E-state index in [0.29, 0.717) is 15.6 Å². The van der Waals surface area contributed by atoms with E-state index in [4.69, 9.17) is 9.25 Å². The molecule has 7 nitrogen and oxygen atoms in total. The number of carbonyl (C=O) groups is 1. The Morgan fingerprint density at radius 2 is 1.97 bits per heavy atom. The van der Waals surface area contributed by atoms with Gasteiger partial charge in [-0.15, -0.1) is 0 Å². The van der Waals surface area contributed by atoms with Crippen molar-refractivity contribution < 1.29 is 19.2 Å². The Balaban J connectivity index is 1.45. The number of benzene rings is 2. The van der Waals surface area contributed by atoms with Crippen molar-refractivity contribution in [3.8, 4) is 5.75 Å². The number of carbonyl (C=O) groups excluding carboxylic acids is 1. The van der Waals surface area contributed by atoms with Crippen LogP contribution in [-0.2, 0) is 22.5 Å². The summed E-state index contributed by atoms with van der Waals surface area (Å²) >= 11 is 6.73. The number of nitrogens with zero attached hydrogens (tertiary/aromatic N) is 2. The molecule has 1 aliphatic carbocycles. The van der Waals surface area contributed by atoms with Crippen LogP contribution in [0.15, 0.2) is 54.0 Å². The number of fused-ring (bicyclic) bond motifs is 3. The van der Waals surface area contributed by atoms with Gasteiger partial charge in [0.1, 0.15) is 17.1 Å². The minimum absolute atomic E-state index is 0.0491. The molecule has 0 saturated heterocycles. The number of amides is 1. The van der Waals surface area contributed by atoms with Crippen molar-refractivity contribution in [2.45, 2.75) is 38.7 Å². The third-order valence-electron chi connectivity index (χ3n) is 5.24. The number of halogens is 2. The van der Waals surface area contributed by atoms with Crippen LogP contribution in [0.4, 0.5) is 0 Å². The van der Waals surface area contributed by atoms with Crippen LogP contribution >= 0.6 is 31.9 Å². The summed E-state index contributed by atoms with van der Waals surface area (Å²) in [6.45, 7) is 1.57. The Labute approximate surface area is 201 Å². The lowest BCUT2D eigenvalue weighted by Gasteiger charge is -2.10. The monoisotopic (exact) mass is 561 g/mol. The van der Waals surface area contributed by atoms with Gasteiger partial charge in [-0.3, -0.25) is 4.79 Å². The lowest BCUT2D eigenvalue weighted by Crippen LogP contribution is -2.30. The van der Waals surface area contributed by atoms with E-state index >= 15 is 0 Å². The van der Waals surface area contributed by atoms with Crippen molar-refractivity contribution >= 4 is 61.2 Å². The summed E-state index contributed by atoms with van der Waals surface area (Å²) in [6, 6.07) is 9.27. The first-order chi connectivity index (χ1) is 15.4. The molecule has 1 aliphatic rings. The number of hydrazone groups is 1. The van der Waals surface area contributed by atoms with E-state index in [1.807, 2.05) is 24.3 Å². The maximum absolute atomic E-state index is 12.3. The van der Waals surface area contributed by atoms with E-state index in [2.05, 4.69) is 47.5 Å². The number of phenolic OH excluding ortho intramolecular Hbond substituents is 1. The van der Waals surface area contributed by atoms with E-state index < -0.39 is 12.0 Å². The van der Waals surface area contributed by atoms with E-state index in [1.54, 1.807) is 13.0 Å². The first-order valence-electron chi connectivity index (χ1n) is 10.2. The Kier molecular flexibility index (Phi) is 6.95. The highest BCUT2D eigenvalue weighted by Gasteiger charge is 2.23. The van der Waals surface area contributed by atoms with Gasteiger partial charge < -0.3 is 14.4 Å². The summed E-state index contributed by atoms with van der Waals surface area (Å²) in [7, 11) is 0. The molecule has 166 valence electrons. The lowest BCUT2D eigenvalue weighted by atomic mass is 9.94. The summed E-state index contributed by atoms with van der Waals surface area (Å²) in [5, 5.41) is 19.3. The van der Waals surface area contributed by atoms with E-state index in [-0.39, 0.29) is 5.75 Å². The van der Waals surface area contributed by atoms with Crippen molar-refractivity contribution in [3.63, 3.8) is 0 Å². The molecule has 0 radical (unpaired) electrons. The molecule has 1 atom stereocenters. The molecule has 0 bridgehead atoms. The van der Waals surface area contributed by atoms with Crippen molar-refractivity contribution in [2.75, 3.05) is 0 Å². The van der Waals surface area contributed by atoms with Crippen molar-refractivity contribution in [2.24, 2.45) is 10.3 Å². The molecule has 0 fully saturated rings. The fourth-order valence-electron chi connectivity index (χ4n) is 3.57. The molecule has 1 heterocycles. The average molecular weight is 563 g/mol. The van der Waals surface area contributed by atoms with Crippen LogP contribution in [0.25, 0.3) is 11.0 Å². The van der Waals surface area contributed by atoms with Gasteiger partial charge in [0.2, 0.25) is 6.10 Å². The van der Waals surface area contributed by atoms with Crippen LogP contribution in [0.1, 0.15) is 42.2 Å². The number of nitrogens with one attached hydrogen (secondary N) is 1.